The number of benzene rings is 1. The van der Waals surface area contributed by atoms with Gasteiger partial charge in [-0.2, -0.15) is 0 Å². The zero-order chi connectivity index (χ0) is 13.5. The van der Waals surface area contributed by atoms with Crippen LogP contribution in [-0.2, 0) is 4.74 Å². The van der Waals surface area contributed by atoms with Crippen molar-refractivity contribution < 1.29 is 13.9 Å². The molecule has 1 aromatic carbocycles. The second kappa shape index (κ2) is 6.96. The smallest absolute Gasteiger partial charge is 0.254 e. The summed E-state index contributed by atoms with van der Waals surface area (Å²) in [6.07, 6.45) is 0. The van der Waals surface area contributed by atoms with Gasteiger partial charge in [0.1, 0.15) is 5.82 Å². The molecule has 1 amide bonds. The lowest BCUT2D eigenvalue weighted by atomic mass is 10.2. The van der Waals surface area contributed by atoms with Crippen molar-refractivity contribution in [1.29, 1.82) is 0 Å². The molecule has 0 atom stereocenters. The number of anilines is 1. The molecule has 0 spiro atoms. The van der Waals surface area contributed by atoms with Gasteiger partial charge in [-0.05, 0) is 24.1 Å². The second-order valence-electron chi connectivity index (χ2n) is 4.46. The van der Waals surface area contributed by atoms with Crippen molar-refractivity contribution in [3.05, 3.63) is 29.6 Å². The van der Waals surface area contributed by atoms with Gasteiger partial charge in [0.25, 0.3) is 5.91 Å². The van der Waals surface area contributed by atoms with Gasteiger partial charge in [-0.15, -0.1) is 0 Å². The normalized spacial score (nSPS) is 10.7. The molecular weight excluding hydrogens is 235 g/mol. The van der Waals surface area contributed by atoms with Crippen LogP contribution in [0.25, 0.3) is 0 Å². The van der Waals surface area contributed by atoms with E-state index in [1.54, 1.807) is 0 Å². The predicted octanol–water partition coefficient (Wildman–Crippen LogP) is 1.81. The molecule has 0 fully saturated rings. The summed E-state index contributed by atoms with van der Waals surface area (Å²) >= 11 is 0. The molecule has 0 unspecified atom stereocenters. The van der Waals surface area contributed by atoms with E-state index in [2.05, 4.69) is 5.32 Å². The first-order valence-corrected chi connectivity index (χ1v) is 5.91. The van der Waals surface area contributed by atoms with Crippen molar-refractivity contribution in [2.75, 3.05) is 25.5 Å². The molecule has 4 nitrogen and oxygen atoms in total. The number of halogens is 1. The maximum atomic E-state index is 13.4. The molecule has 0 aromatic heterocycles. The lowest BCUT2D eigenvalue weighted by Crippen LogP contribution is -2.28. The van der Waals surface area contributed by atoms with Gasteiger partial charge in [-0.3, -0.25) is 4.79 Å². The van der Waals surface area contributed by atoms with E-state index in [9.17, 15) is 9.18 Å². The highest BCUT2D eigenvalue weighted by molar-refractivity contribution is 5.94. The van der Waals surface area contributed by atoms with E-state index in [0.717, 1.165) is 6.07 Å². The summed E-state index contributed by atoms with van der Waals surface area (Å²) in [5, 5.41) is 2.59. The van der Waals surface area contributed by atoms with Gasteiger partial charge in [0.05, 0.1) is 12.2 Å². The zero-order valence-electron chi connectivity index (χ0n) is 10.7. The minimum Gasteiger partial charge on any atom is -0.399 e. The number of carbonyl (C=O) groups is 1. The van der Waals surface area contributed by atoms with E-state index in [1.807, 2.05) is 13.8 Å². The molecule has 0 saturated carbocycles. The van der Waals surface area contributed by atoms with Crippen LogP contribution in [0.5, 0.6) is 0 Å². The van der Waals surface area contributed by atoms with Crippen LogP contribution >= 0.6 is 0 Å². The van der Waals surface area contributed by atoms with Crippen LogP contribution in [0.2, 0.25) is 0 Å². The van der Waals surface area contributed by atoms with Gasteiger partial charge < -0.3 is 15.8 Å². The molecule has 100 valence electrons. The maximum absolute atomic E-state index is 13.4. The van der Waals surface area contributed by atoms with Crippen LogP contribution in [-0.4, -0.2) is 25.7 Å². The van der Waals surface area contributed by atoms with Gasteiger partial charge in [-0.1, -0.05) is 13.8 Å². The molecule has 18 heavy (non-hydrogen) atoms. The largest absolute Gasteiger partial charge is 0.399 e. The highest BCUT2D eigenvalue weighted by atomic mass is 19.1. The van der Waals surface area contributed by atoms with E-state index >= 15 is 0 Å². The molecule has 3 N–H and O–H groups in total. The first kappa shape index (κ1) is 14.4. The summed E-state index contributed by atoms with van der Waals surface area (Å²) in [5.41, 5.74) is 5.69. The third-order valence-corrected chi connectivity index (χ3v) is 2.22. The number of hydrogen-bond donors (Lipinski definition) is 2. The lowest BCUT2D eigenvalue weighted by molar-refractivity contribution is 0.0883. The SMILES string of the molecule is CC(C)COCCNC(=O)c1ccc(N)cc1F. The standard InChI is InChI=1S/C13H19FN2O2/c1-9(2)8-18-6-5-16-13(17)11-4-3-10(15)7-12(11)14/h3-4,7,9H,5-6,8,15H2,1-2H3,(H,16,17). The van der Waals surface area contributed by atoms with E-state index in [0.29, 0.717) is 31.4 Å². The van der Waals surface area contributed by atoms with Gasteiger partial charge in [0.15, 0.2) is 0 Å². The fourth-order valence-electron chi connectivity index (χ4n) is 1.37. The first-order chi connectivity index (χ1) is 8.50. The van der Waals surface area contributed by atoms with Crippen molar-refractivity contribution in [1.82, 2.24) is 5.32 Å². The van der Waals surface area contributed by atoms with E-state index in [1.165, 1.54) is 12.1 Å². The Balaban J connectivity index is 2.36. The number of carbonyl (C=O) groups excluding carboxylic acids is 1. The average molecular weight is 254 g/mol. The Bertz CT molecular complexity index is 408. The number of nitrogens with two attached hydrogens (primary N) is 1. The molecule has 5 heteroatoms. The molecule has 1 rings (SSSR count). The molecule has 0 aliphatic heterocycles. The molecule has 0 aliphatic rings. The Morgan fingerprint density at radius 2 is 2.22 bits per heavy atom. The summed E-state index contributed by atoms with van der Waals surface area (Å²) in [4.78, 5) is 11.6. The number of nitrogen functional groups attached to an aromatic ring is 1. The zero-order valence-corrected chi connectivity index (χ0v) is 10.7. The fraction of sp³-hybridized carbons (Fsp3) is 0.462. The second-order valence-corrected chi connectivity index (χ2v) is 4.46. The number of amides is 1. The van der Waals surface area contributed by atoms with Gasteiger partial charge in [0, 0.05) is 18.8 Å². The topological polar surface area (TPSA) is 64.3 Å². The molecule has 1 aromatic rings. The lowest BCUT2D eigenvalue weighted by Gasteiger charge is -2.08. The molecule has 0 aliphatic carbocycles. The van der Waals surface area contributed by atoms with Crippen molar-refractivity contribution in [2.45, 2.75) is 13.8 Å². The molecule has 0 heterocycles. The molecule has 0 radical (unpaired) electrons. The minimum atomic E-state index is -0.615. The Hall–Kier alpha value is -1.62. The predicted molar refractivity (Wildman–Crippen MR) is 68.8 cm³/mol. The molecular formula is C13H19FN2O2. The number of rotatable bonds is 6. The van der Waals surface area contributed by atoms with Crippen LogP contribution in [0.4, 0.5) is 10.1 Å². The maximum Gasteiger partial charge on any atom is 0.254 e. The monoisotopic (exact) mass is 254 g/mol. The Labute approximate surface area is 106 Å². The van der Waals surface area contributed by atoms with Crippen LogP contribution in [0, 0.1) is 11.7 Å². The fourth-order valence-corrected chi connectivity index (χ4v) is 1.37. The number of hydrogen-bond acceptors (Lipinski definition) is 3. The highest BCUT2D eigenvalue weighted by Gasteiger charge is 2.10. The summed E-state index contributed by atoms with van der Waals surface area (Å²) in [6, 6.07) is 3.99. The summed E-state index contributed by atoms with van der Waals surface area (Å²) in [6.45, 7) is 5.51. The van der Waals surface area contributed by atoms with Gasteiger partial charge in [0.2, 0.25) is 0 Å². The number of nitrogens with one attached hydrogen (secondary N) is 1. The third-order valence-electron chi connectivity index (χ3n) is 2.22. The van der Waals surface area contributed by atoms with Gasteiger partial charge >= 0.3 is 0 Å². The molecule has 0 saturated heterocycles. The summed E-state index contributed by atoms with van der Waals surface area (Å²) < 4.78 is 18.7. The number of ether oxygens (including phenoxy) is 1. The Morgan fingerprint density at radius 1 is 1.50 bits per heavy atom. The Kier molecular flexibility index (Phi) is 5.58. The van der Waals surface area contributed by atoms with Crippen LogP contribution in [0.1, 0.15) is 24.2 Å². The van der Waals surface area contributed by atoms with E-state index in [-0.39, 0.29) is 5.56 Å². The first-order valence-electron chi connectivity index (χ1n) is 5.91. The summed E-state index contributed by atoms with van der Waals surface area (Å²) in [7, 11) is 0. The third kappa shape index (κ3) is 4.71. The van der Waals surface area contributed by atoms with E-state index < -0.39 is 11.7 Å². The summed E-state index contributed by atoms with van der Waals surface area (Å²) in [5.74, 6) is -0.619. The van der Waals surface area contributed by atoms with Crippen LogP contribution in [0.3, 0.4) is 0 Å². The van der Waals surface area contributed by atoms with Crippen molar-refractivity contribution in [2.24, 2.45) is 5.92 Å². The van der Waals surface area contributed by atoms with Crippen LogP contribution in [0.15, 0.2) is 18.2 Å². The molecule has 0 bridgehead atoms. The van der Waals surface area contributed by atoms with E-state index in [4.69, 9.17) is 10.5 Å². The van der Waals surface area contributed by atoms with Gasteiger partial charge in [-0.25, -0.2) is 4.39 Å². The van der Waals surface area contributed by atoms with Crippen LogP contribution < -0.4 is 11.1 Å². The average Bonchev–Trinajstić information content (AvgIpc) is 2.27. The van der Waals surface area contributed by atoms with Crippen molar-refractivity contribution >= 4 is 11.6 Å². The highest BCUT2D eigenvalue weighted by Crippen LogP contribution is 2.11. The quantitative estimate of drug-likeness (QED) is 0.601. The van der Waals surface area contributed by atoms with Crippen molar-refractivity contribution in [3.8, 4) is 0 Å². The Morgan fingerprint density at radius 3 is 2.83 bits per heavy atom. The van der Waals surface area contributed by atoms with Crippen molar-refractivity contribution in [3.63, 3.8) is 0 Å². The minimum absolute atomic E-state index is 0.00643.